The maximum atomic E-state index is 10.9. The number of carbonyl (C=O) groups excluding carboxylic acids is 1. The monoisotopic (exact) mass is 404 g/mol. The van der Waals surface area contributed by atoms with Crippen molar-refractivity contribution in [1.82, 2.24) is 0 Å². The molecule has 0 heterocycles. The summed E-state index contributed by atoms with van der Waals surface area (Å²) in [6.45, 7) is 8.04. The molecule has 2 rings (SSSR count). The number of nitrogens with one attached hydrogen (secondary N) is 2. The predicted molar refractivity (Wildman–Crippen MR) is 118 cm³/mol. The highest BCUT2D eigenvalue weighted by Crippen LogP contribution is 2.24. The molecule has 0 saturated carbocycles. The molecule has 0 atom stereocenters. The van der Waals surface area contributed by atoms with Gasteiger partial charge in [-0.25, -0.2) is 4.79 Å². The van der Waals surface area contributed by atoms with Crippen molar-refractivity contribution in [2.24, 2.45) is 0 Å². The lowest BCUT2D eigenvalue weighted by Crippen LogP contribution is -2.11. The summed E-state index contributed by atoms with van der Waals surface area (Å²) in [7, 11) is 1.39. The first kappa shape index (κ1) is 25.4. The highest BCUT2D eigenvalue weighted by Gasteiger charge is 2.12. The Bertz CT molecular complexity index is 800. The minimum absolute atomic E-state index is 0.0669. The van der Waals surface area contributed by atoms with E-state index in [0.717, 1.165) is 5.56 Å². The van der Waals surface area contributed by atoms with Crippen molar-refractivity contribution in [1.29, 1.82) is 5.41 Å². The highest BCUT2D eigenvalue weighted by molar-refractivity contribution is 6.31. The first-order valence-corrected chi connectivity index (χ1v) is 9.58. The zero-order valence-electron chi connectivity index (χ0n) is 17.1. The Balaban J connectivity index is 0.00000171. The fraction of sp³-hybridized carbons (Fsp3) is 0.318. The molecule has 0 fully saturated rings. The third kappa shape index (κ3) is 7.20. The van der Waals surface area contributed by atoms with E-state index in [4.69, 9.17) is 21.7 Å². The number of aliphatic hydroxyl groups excluding tert-OH is 1. The number of hydrogen-bond donors (Lipinski definition) is 3. The second-order valence-electron chi connectivity index (χ2n) is 4.98. The molecule has 3 N–H and O–H groups in total. The van der Waals surface area contributed by atoms with Gasteiger partial charge in [0, 0.05) is 28.4 Å². The number of hydrogen-bond acceptors (Lipinski definition) is 5. The molecule has 0 amide bonds. The molecule has 0 aromatic heterocycles. The van der Waals surface area contributed by atoms with Crippen LogP contribution in [0.4, 0.5) is 5.69 Å². The molecular formula is C22H29ClN2O3. The Kier molecular flexibility index (Phi) is 13.1. The third-order valence-electron chi connectivity index (χ3n) is 3.49. The lowest BCUT2D eigenvalue weighted by Gasteiger charge is -2.15. The number of anilines is 1. The summed E-state index contributed by atoms with van der Waals surface area (Å²) in [6.07, 6.45) is 0. The zero-order chi connectivity index (χ0) is 21.5. The molecule has 152 valence electrons. The summed E-state index contributed by atoms with van der Waals surface area (Å²) in [4.78, 5) is 10.9. The molecule has 0 aliphatic rings. The van der Waals surface area contributed by atoms with Gasteiger partial charge in [0.25, 0.3) is 0 Å². The number of halogens is 1. The van der Waals surface area contributed by atoms with Gasteiger partial charge in [0.15, 0.2) is 5.94 Å². The Labute approximate surface area is 172 Å². The van der Waals surface area contributed by atoms with E-state index in [9.17, 15) is 9.90 Å². The molecule has 0 aliphatic heterocycles. The molecular weight excluding hydrogens is 376 g/mol. The van der Waals surface area contributed by atoms with Crippen LogP contribution < -0.4 is 5.32 Å². The minimum Gasteiger partial charge on any atom is -0.486 e. The largest absolute Gasteiger partial charge is 0.486 e. The van der Waals surface area contributed by atoms with Crippen LogP contribution in [0.2, 0.25) is 5.02 Å². The average Bonchev–Trinajstić information content (AvgIpc) is 2.76. The molecule has 0 spiro atoms. The van der Waals surface area contributed by atoms with Crippen LogP contribution in [-0.2, 0) is 16.1 Å². The van der Waals surface area contributed by atoms with Crippen molar-refractivity contribution >= 4 is 34.7 Å². The molecule has 0 aliphatic carbocycles. The summed E-state index contributed by atoms with van der Waals surface area (Å²) >= 11 is 6.15. The molecule has 5 nitrogen and oxygen atoms in total. The molecule has 28 heavy (non-hydrogen) atoms. The van der Waals surface area contributed by atoms with Crippen LogP contribution in [0.3, 0.4) is 0 Å². The number of benzene rings is 2. The van der Waals surface area contributed by atoms with Crippen LogP contribution in [0.25, 0.3) is 5.76 Å². The number of rotatable bonds is 7. The molecule has 0 bridgehead atoms. The van der Waals surface area contributed by atoms with Crippen molar-refractivity contribution in [2.45, 2.75) is 34.2 Å². The van der Waals surface area contributed by atoms with E-state index in [0.29, 0.717) is 28.4 Å². The summed E-state index contributed by atoms with van der Waals surface area (Å²) in [5, 5.41) is 21.0. The van der Waals surface area contributed by atoms with Gasteiger partial charge in [-0.2, -0.15) is 0 Å². The fourth-order valence-corrected chi connectivity index (χ4v) is 2.43. The summed E-state index contributed by atoms with van der Waals surface area (Å²) < 4.78 is 4.99. The van der Waals surface area contributed by atoms with Gasteiger partial charge in [0.2, 0.25) is 5.76 Å². The van der Waals surface area contributed by atoms with Crippen LogP contribution in [0, 0.1) is 5.41 Å². The lowest BCUT2D eigenvalue weighted by atomic mass is 10.0. The van der Waals surface area contributed by atoms with Crippen LogP contribution in [-0.4, -0.2) is 30.5 Å². The van der Waals surface area contributed by atoms with E-state index in [2.05, 4.69) is 5.32 Å². The van der Waals surface area contributed by atoms with Crippen LogP contribution >= 0.6 is 11.6 Å². The quantitative estimate of drug-likeness (QED) is 0.337. The number of methoxy groups -OCH3 is 1. The Hall–Kier alpha value is -2.59. The molecule has 2 aromatic rings. The molecule has 0 unspecified atom stereocenters. The van der Waals surface area contributed by atoms with Crippen molar-refractivity contribution in [2.75, 3.05) is 19.0 Å². The second-order valence-corrected chi connectivity index (χ2v) is 5.38. The summed E-state index contributed by atoms with van der Waals surface area (Å²) in [5.74, 6) is 1.80. The Morgan fingerprint density at radius 2 is 1.82 bits per heavy atom. The SMILES string of the molecule is CC.CC.COC(=C=O)c1ccc(C(=N)CO)c(NCc2ccccc2Cl)c1. The van der Waals surface area contributed by atoms with E-state index >= 15 is 0 Å². The number of aliphatic hydroxyl groups is 1. The smallest absolute Gasteiger partial charge is 0.210 e. The predicted octanol–water partition coefficient (Wildman–Crippen LogP) is 5.18. The Morgan fingerprint density at radius 3 is 2.36 bits per heavy atom. The highest BCUT2D eigenvalue weighted by atomic mass is 35.5. The van der Waals surface area contributed by atoms with E-state index in [1.54, 1.807) is 30.2 Å². The van der Waals surface area contributed by atoms with Gasteiger partial charge >= 0.3 is 0 Å². The van der Waals surface area contributed by atoms with Crippen molar-refractivity contribution in [3.8, 4) is 0 Å². The summed E-state index contributed by atoms with van der Waals surface area (Å²) in [5.41, 5.74) is 2.62. The van der Waals surface area contributed by atoms with Gasteiger partial charge in [-0.1, -0.05) is 63.6 Å². The van der Waals surface area contributed by atoms with Crippen molar-refractivity contribution < 1.29 is 14.6 Å². The van der Waals surface area contributed by atoms with Crippen LogP contribution in [0.5, 0.6) is 0 Å². The first-order valence-electron chi connectivity index (χ1n) is 9.20. The molecule has 6 heteroatoms. The minimum atomic E-state index is -0.388. The zero-order valence-corrected chi connectivity index (χ0v) is 17.9. The van der Waals surface area contributed by atoms with Crippen LogP contribution in [0.15, 0.2) is 42.5 Å². The van der Waals surface area contributed by atoms with Gasteiger partial charge in [0.1, 0.15) is 0 Å². The molecule has 0 saturated heterocycles. The second kappa shape index (κ2) is 14.5. The standard InChI is InChI=1S/C18H17ClN2O3.2C2H6/c1-24-18(11-23)12-6-7-14(16(20)10-22)17(8-12)21-9-13-4-2-3-5-15(13)19;2*1-2/h2-8,20-22H,9-10H2,1H3;2*1-2H3. The Morgan fingerprint density at radius 1 is 1.18 bits per heavy atom. The van der Waals surface area contributed by atoms with Gasteiger partial charge in [-0.15, -0.1) is 0 Å². The van der Waals surface area contributed by atoms with E-state index in [-0.39, 0.29) is 18.1 Å². The van der Waals surface area contributed by atoms with Crippen LogP contribution in [0.1, 0.15) is 44.4 Å². The van der Waals surface area contributed by atoms with Crippen molar-refractivity contribution in [3.63, 3.8) is 0 Å². The maximum Gasteiger partial charge on any atom is 0.210 e. The topological polar surface area (TPSA) is 82.4 Å². The van der Waals surface area contributed by atoms with E-state index < -0.39 is 0 Å². The average molecular weight is 405 g/mol. The summed E-state index contributed by atoms with van der Waals surface area (Å²) in [6, 6.07) is 12.4. The van der Waals surface area contributed by atoms with Gasteiger partial charge in [0.05, 0.1) is 19.4 Å². The number of ether oxygens (including phenoxy) is 1. The van der Waals surface area contributed by atoms with E-state index in [1.165, 1.54) is 7.11 Å². The van der Waals surface area contributed by atoms with E-state index in [1.807, 2.05) is 45.9 Å². The first-order chi connectivity index (χ1) is 13.6. The normalized spacial score (nSPS) is 8.96. The van der Waals surface area contributed by atoms with Gasteiger partial charge < -0.3 is 20.6 Å². The molecule has 0 radical (unpaired) electrons. The van der Waals surface area contributed by atoms with Gasteiger partial charge in [-0.3, -0.25) is 0 Å². The fourth-order valence-electron chi connectivity index (χ4n) is 2.23. The third-order valence-corrected chi connectivity index (χ3v) is 3.86. The molecule has 2 aromatic carbocycles. The van der Waals surface area contributed by atoms with Crippen molar-refractivity contribution in [3.05, 3.63) is 64.2 Å². The lowest BCUT2D eigenvalue weighted by molar-refractivity contribution is 0.357. The maximum absolute atomic E-state index is 10.9. The van der Waals surface area contributed by atoms with Gasteiger partial charge in [-0.05, 0) is 23.8 Å².